The van der Waals surface area contributed by atoms with Crippen LogP contribution in [0.3, 0.4) is 0 Å². The molecule has 1 amide bonds. The summed E-state index contributed by atoms with van der Waals surface area (Å²) in [6.45, 7) is 3.34. The van der Waals surface area contributed by atoms with Gasteiger partial charge in [0.1, 0.15) is 0 Å². The Balaban J connectivity index is 1.79. The number of amides is 1. The maximum Gasteiger partial charge on any atom is 0.234 e. The maximum atomic E-state index is 12.6. The molecule has 33 heavy (non-hydrogen) atoms. The van der Waals surface area contributed by atoms with E-state index >= 15 is 0 Å². The molecular formula is C24H30N4O4S. The SMILES string of the molecule is CCc1ccccc1NC(=O)CSc1nnc(-c2ccc(OC)c(OC)c2)n1CCCOC. The second kappa shape index (κ2) is 12.3. The minimum absolute atomic E-state index is 0.0833. The zero-order chi connectivity index (χ0) is 23.6. The van der Waals surface area contributed by atoms with Crippen molar-refractivity contribution >= 4 is 23.4 Å². The highest BCUT2D eigenvalue weighted by Crippen LogP contribution is 2.33. The molecule has 0 spiro atoms. The van der Waals surface area contributed by atoms with Crippen LogP contribution in [0.4, 0.5) is 5.69 Å². The zero-order valence-electron chi connectivity index (χ0n) is 19.5. The molecule has 0 radical (unpaired) electrons. The summed E-state index contributed by atoms with van der Waals surface area (Å²) >= 11 is 1.36. The predicted octanol–water partition coefficient (Wildman–Crippen LogP) is 4.29. The summed E-state index contributed by atoms with van der Waals surface area (Å²) in [6, 6.07) is 13.5. The third-order valence-corrected chi connectivity index (χ3v) is 6.06. The van der Waals surface area contributed by atoms with Crippen LogP contribution >= 0.6 is 11.8 Å². The van der Waals surface area contributed by atoms with Crippen LogP contribution in [-0.4, -0.2) is 54.4 Å². The number of nitrogens with zero attached hydrogens (tertiary/aromatic N) is 3. The van der Waals surface area contributed by atoms with Gasteiger partial charge in [-0.3, -0.25) is 4.79 Å². The van der Waals surface area contributed by atoms with Gasteiger partial charge in [-0.1, -0.05) is 36.9 Å². The summed E-state index contributed by atoms with van der Waals surface area (Å²) < 4.78 is 18.0. The molecule has 9 heteroatoms. The molecule has 0 saturated carbocycles. The fourth-order valence-corrected chi connectivity index (χ4v) is 4.18. The Morgan fingerprint density at radius 2 is 1.85 bits per heavy atom. The van der Waals surface area contributed by atoms with Crippen LogP contribution < -0.4 is 14.8 Å². The maximum absolute atomic E-state index is 12.6. The molecule has 0 aliphatic heterocycles. The topological polar surface area (TPSA) is 87.5 Å². The van der Waals surface area contributed by atoms with Gasteiger partial charge in [-0.05, 0) is 42.7 Å². The van der Waals surface area contributed by atoms with Crippen LogP contribution in [0.25, 0.3) is 11.4 Å². The van der Waals surface area contributed by atoms with Gasteiger partial charge in [0.2, 0.25) is 5.91 Å². The molecule has 0 atom stereocenters. The van der Waals surface area contributed by atoms with Gasteiger partial charge < -0.3 is 24.1 Å². The third-order valence-electron chi connectivity index (χ3n) is 5.09. The molecule has 0 bridgehead atoms. The molecule has 1 heterocycles. The third kappa shape index (κ3) is 6.27. The van der Waals surface area contributed by atoms with Gasteiger partial charge in [-0.25, -0.2) is 0 Å². The fraction of sp³-hybridized carbons (Fsp3) is 0.375. The van der Waals surface area contributed by atoms with Gasteiger partial charge in [-0.15, -0.1) is 10.2 Å². The number of aryl methyl sites for hydroxylation is 1. The van der Waals surface area contributed by atoms with Crippen LogP contribution in [0.5, 0.6) is 11.5 Å². The molecule has 0 aliphatic carbocycles. The minimum Gasteiger partial charge on any atom is -0.493 e. The van der Waals surface area contributed by atoms with Crippen molar-refractivity contribution in [2.45, 2.75) is 31.5 Å². The Kier molecular flexibility index (Phi) is 9.14. The number of anilines is 1. The van der Waals surface area contributed by atoms with Crippen molar-refractivity contribution in [3.63, 3.8) is 0 Å². The molecule has 1 aromatic heterocycles. The molecule has 3 aromatic rings. The Morgan fingerprint density at radius 3 is 2.58 bits per heavy atom. The van der Waals surface area contributed by atoms with Gasteiger partial charge in [0.15, 0.2) is 22.5 Å². The van der Waals surface area contributed by atoms with Crippen molar-refractivity contribution in [2.75, 3.05) is 39.0 Å². The first kappa shape index (κ1) is 24.6. The summed E-state index contributed by atoms with van der Waals surface area (Å²) in [5.41, 5.74) is 2.80. The first-order valence-electron chi connectivity index (χ1n) is 10.8. The normalized spacial score (nSPS) is 10.8. The smallest absolute Gasteiger partial charge is 0.234 e. The molecule has 0 saturated heterocycles. The van der Waals surface area contributed by atoms with E-state index in [1.54, 1.807) is 21.3 Å². The van der Waals surface area contributed by atoms with Crippen molar-refractivity contribution in [3.8, 4) is 22.9 Å². The molecule has 0 aliphatic rings. The quantitative estimate of drug-likeness (QED) is 0.312. The Labute approximate surface area is 198 Å². The number of carbonyl (C=O) groups excluding carboxylic acids is 1. The van der Waals surface area contributed by atoms with E-state index in [0.717, 1.165) is 29.7 Å². The second-order valence-corrected chi connectivity index (χ2v) is 8.16. The zero-order valence-corrected chi connectivity index (χ0v) is 20.3. The summed E-state index contributed by atoms with van der Waals surface area (Å²) in [5.74, 6) is 2.10. The first-order valence-corrected chi connectivity index (χ1v) is 11.7. The van der Waals surface area contributed by atoms with E-state index in [0.29, 0.717) is 35.6 Å². The van der Waals surface area contributed by atoms with Crippen LogP contribution in [0, 0.1) is 0 Å². The number of nitrogens with one attached hydrogen (secondary N) is 1. The van der Waals surface area contributed by atoms with E-state index in [9.17, 15) is 4.79 Å². The first-order chi connectivity index (χ1) is 16.1. The molecule has 0 unspecified atom stereocenters. The van der Waals surface area contributed by atoms with Crippen molar-refractivity contribution in [1.82, 2.24) is 14.8 Å². The highest BCUT2D eigenvalue weighted by Gasteiger charge is 2.17. The van der Waals surface area contributed by atoms with E-state index in [1.807, 2.05) is 47.0 Å². The lowest BCUT2D eigenvalue weighted by Crippen LogP contribution is -2.16. The van der Waals surface area contributed by atoms with E-state index in [1.165, 1.54) is 11.8 Å². The number of para-hydroxylation sites is 1. The predicted molar refractivity (Wildman–Crippen MR) is 130 cm³/mol. The molecular weight excluding hydrogens is 440 g/mol. The average Bonchev–Trinajstić information content (AvgIpc) is 3.25. The van der Waals surface area contributed by atoms with Crippen molar-refractivity contribution < 1.29 is 19.0 Å². The Bertz CT molecular complexity index is 1070. The van der Waals surface area contributed by atoms with E-state index in [-0.39, 0.29) is 11.7 Å². The fourth-order valence-electron chi connectivity index (χ4n) is 3.42. The summed E-state index contributed by atoms with van der Waals surface area (Å²) in [7, 11) is 4.88. The minimum atomic E-state index is -0.0833. The average molecular weight is 471 g/mol. The van der Waals surface area contributed by atoms with E-state index in [4.69, 9.17) is 14.2 Å². The van der Waals surface area contributed by atoms with Gasteiger partial charge in [-0.2, -0.15) is 0 Å². The molecule has 8 nitrogen and oxygen atoms in total. The summed E-state index contributed by atoms with van der Waals surface area (Å²) in [5, 5.41) is 12.5. The number of aromatic nitrogens is 3. The monoisotopic (exact) mass is 470 g/mol. The number of rotatable bonds is 12. The number of carbonyl (C=O) groups is 1. The second-order valence-electron chi connectivity index (χ2n) is 7.22. The van der Waals surface area contributed by atoms with Crippen molar-refractivity contribution in [2.24, 2.45) is 0 Å². The largest absolute Gasteiger partial charge is 0.493 e. The van der Waals surface area contributed by atoms with Crippen LogP contribution in [0.15, 0.2) is 47.6 Å². The number of ether oxygens (including phenoxy) is 3. The number of hydrogen-bond acceptors (Lipinski definition) is 7. The van der Waals surface area contributed by atoms with E-state index < -0.39 is 0 Å². The van der Waals surface area contributed by atoms with Gasteiger partial charge in [0, 0.05) is 31.5 Å². The molecule has 2 aromatic carbocycles. The van der Waals surface area contributed by atoms with Crippen LogP contribution in [0.1, 0.15) is 18.9 Å². The Hall–Kier alpha value is -3.04. The van der Waals surface area contributed by atoms with Crippen LogP contribution in [-0.2, 0) is 22.5 Å². The number of hydrogen-bond donors (Lipinski definition) is 1. The Morgan fingerprint density at radius 1 is 1.06 bits per heavy atom. The van der Waals surface area contributed by atoms with Crippen molar-refractivity contribution in [3.05, 3.63) is 48.0 Å². The number of benzene rings is 2. The lowest BCUT2D eigenvalue weighted by molar-refractivity contribution is -0.113. The van der Waals surface area contributed by atoms with E-state index in [2.05, 4.69) is 22.4 Å². The highest BCUT2D eigenvalue weighted by molar-refractivity contribution is 7.99. The lowest BCUT2D eigenvalue weighted by Gasteiger charge is -2.12. The van der Waals surface area contributed by atoms with Crippen LogP contribution in [0.2, 0.25) is 0 Å². The van der Waals surface area contributed by atoms with Crippen molar-refractivity contribution in [1.29, 1.82) is 0 Å². The standard InChI is InChI=1S/C24H30N4O4S/c1-5-17-9-6-7-10-19(17)25-22(29)16-33-24-27-26-23(28(24)13-8-14-30-2)18-11-12-20(31-3)21(15-18)32-4/h6-7,9-12,15H,5,8,13-14,16H2,1-4H3,(H,25,29). The summed E-state index contributed by atoms with van der Waals surface area (Å²) in [4.78, 5) is 12.6. The summed E-state index contributed by atoms with van der Waals surface area (Å²) in [6.07, 6.45) is 1.64. The molecule has 3 rings (SSSR count). The lowest BCUT2D eigenvalue weighted by atomic mass is 10.1. The van der Waals surface area contributed by atoms with Gasteiger partial charge in [0.25, 0.3) is 0 Å². The molecule has 0 fully saturated rings. The van der Waals surface area contributed by atoms with Gasteiger partial charge >= 0.3 is 0 Å². The molecule has 176 valence electrons. The van der Waals surface area contributed by atoms with Gasteiger partial charge in [0.05, 0.1) is 20.0 Å². The highest BCUT2D eigenvalue weighted by atomic mass is 32.2. The molecule has 1 N–H and O–H groups in total. The number of methoxy groups -OCH3 is 3. The number of thioether (sulfide) groups is 1.